The summed E-state index contributed by atoms with van der Waals surface area (Å²) in [6.07, 6.45) is -2.50. The number of rotatable bonds is 4. The molecule has 1 saturated heterocycles. The van der Waals surface area contributed by atoms with Gasteiger partial charge in [-0.25, -0.2) is 0 Å². The van der Waals surface area contributed by atoms with E-state index >= 15 is 0 Å². The molecule has 2 rings (SSSR count). The van der Waals surface area contributed by atoms with Crippen LogP contribution < -0.4 is 5.32 Å². The molecule has 0 atom stereocenters. The lowest BCUT2D eigenvalue weighted by molar-refractivity contribution is -0.137. The van der Waals surface area contributed by atoms with Crippen LogP contribution in [0.15, 0.2) is 18.2 Å². The van der Waals surface area contributed by atoms with Gasteiger partial charge in [0, 0.05) is 30.5 Å². The molecule has 25 heavy (non-hydrogen) atoms. The van der Waals surface area contributed by atoms with Gasteiger partial charge >= 0.3 is 6.18 Å². The Labute approximate surface area is 149 Å². The molecule has 8 heteroatoms. The Kier molecular flexibility index (Phi) is 6.32. The number of benzene rings is 1. The highest BCUT2D eigenvalue weighted by Gasteiger charge is 2.35. The quantitative estimate of drug-likeness (QED) is 0.850. The number of nitrogens with one attached hydrogen (secondary N) is 1. The largest absolute Gasteiger partial charge is 0.418 e. The van der Waals surface area contributed by atoms with E-state index in [1.165, 1.54) is 6.07 Å². The van der Waals surface area contributed by atoms with Gasteiger partial charge in [-0.2, -0.15) is 13.2 Å². The molecule has 1 fully saturated rings. The van der Waals surface area contributed by atoms with Crippen LogP contribution in [0.1, 0.15) is 38.2 Å². The zero-order valence-corrected chi connectivity index (χ0v) is 14.6. The third kappa shape index (κ3) is 5.11. The van der Waals surface area contributed by atoms with E-state index in [0.717, 1.165) is 18.6 Å². The average Bonchev–Trinajstić information content (AvgIpc) is 2.56. The minimum atomic E-state index is -4.61. The summed E-state index contributed by atoms with van der Waals surface area (Å²) >= 11 is 5.63. The molecule has 4 nitrogen and oxygen atoms in total. The van der Waals surface area contributed by atoms with Crippen LogP contribution in [-0.2, 0) is 15.8 Å². The van der Waals surface area contributed by atoms with Gasteiger partial charge in [-0.15, -0.1) is 0 Å². The number of likely N-dealkylation sites (tertiary alicyclic amines) is 1. The van der Waals surface area contributed by atoms with Crippen LogP contribution in [0.5, 0.6) is 0 Å². The van der Waals surface area contributed by atoms with E-state index in [1.807, 2.05) is 6.92 Å². The maximum Gasteiger partial charge on any atom is 0.418 e. The molecule has 1 aliphatic heterocycles. The smallest absolute Gasteiger partial charge is 0.343 e. The number of hydrogen-bond donors (Lipinski definition) is 1. The Hall–Kier alpha value is -1.76. The first-order valence-electron chi connectivity index (χ1n) is 8.17. The minimum Gasteiger partial charge on any atom is -0.343 e. The van der Waals surface area contributed by atoms with Crippen molar-refractivity contribution < 1.29 is 22.8 Å². The Morgan fingerprint density at radius 3 is 2.48 bits per heavy atom. The number of carbonyl (C=O) groups is 2. The normalized spacial score (nSPS) is 16.0. The minimum absolute atomic E-state index is 0.0481. The lowest BCUT2D eigenvalue weighted by atomic mass is 9.95. The molecule has 0 aliphatic carbocycles. The highest BCUT2D eigenvalue weighted by atomic mass is 35.5. The highest BCUT2D eigenvalue weighted by Crippen LogP contribution is 2.37. The SMILES string of the molecule is CCCC(=O)N1CCC(C(=O)Nc2ccc(Cl)cc2C(F)(F)F)CC1. The van der Waals surface area contributed by atoms with E-state index in [4.69, 9.17) is 11.6 Å². The van der Waals surface area contributed by atoms with Crippen LogP contribution in [-0.4, -0.2) is 29.8 Å². The van der Waals surface area contributed by atoms with E-state index in [0.29, 0.717) is 32.4 Å². The van der Waals surface area contributed by atoms with Crippen molar-refractivity contribution in [3.63, 3.8) is 0 Å². The van der Waals surface area contributed by atoms with Gasteiger partial charge in [0.05, 0.1) is 11.3 Å². The number of amides is 2. The molecule has 0 aromatic heterocycles. The summed E-state index contributed by atoms with van der Waals surface area (Å²) in [7, 11) is 0. The summed E-state index contributed by atoms with van der Waals surface area (Å²) in [5, 5.41) is 2.31. The number of nitrogens with zero attached hydrogens (tertiary/aromatic N) is 1. The second-order valence-corrected chi connectivity index (χ2v) is 6.52. The molecular weight excluding hydrogens is 357 g/mol. The fourth-order valence-corrected chi connectivity index (χ4v) is 3.03. The highest BCUT2D eigenvalue weighted by molar-refractivity contribution is 6.30. The molecule has 0 radical (unpaired) electrons. The number of carbonyl (C=O) groups excluding carboxylic acids is 2. The first-order chi connectivity index (χ1) is 11.7. The van der Waals surface area contributed by atoms with Gasteiger partial charge < -0.3 is 10.2 Å². The van der Waals surface area contributed by atoms with Crippen LogP contribution in [0.25, 0.3) is 0 Å². The second-order valence-electron chi connectivity index (χ2n) is 6.08. The van der Waals surface area contributed by atoms with Crippen LogP contribution in [0.4, 0.5) is 18.9 Å². The molecule has 1 aliphatic rings. The molecular formula is C17H20ClF3N2O2. The Balaban J connectivity index is 2.01. The van der Waals surface area contributed by atoms with Crippen molar-refractivity contribution in [3.8, 4) is 0 Å². The molecule has 138 valence electrons. The first-order valence-corrected chi connectivity index (χ1v) is 8.55. The van der Waals surface area contributed by atoms with Gasteiger partial charge in [0.25, 0.3) is 0 Å². The van der Waals surface area contributed by atoms with E-state index in [2.05, 4.69) is 5.32 Å². The van der Waals surface area contributed by atoms with E-state index in [1.54, 1.807) is 4.90 Å². The fraction of sp³-hybridized carbons (Fsp3) is 0.529. The molecule has 1 aromatic carbocycles. The van der Waals surface area contributed by atoms with E-state index in [9.17, 15) is 22.8 Å². The Morgan fingerprint density at radius 1 is 1.28 bits per heavy atom. The number of alkyl halides is 3. The Morgan fingerprint density at radius 2 is 1.92 bits per heavy atom. The molecule has 1 heterocycles. The third-order valence-electron chi connectivity index (χ3n) is 4.23. The molecule has 1 N–H and O–H groups in total. The van der Waals surface area contributed by atoms with Crippen molar-refractivity contribution in [1.82, 2.24) is 4.90 Å². The van der Waals surface area contributed by atoms with Crippen molar-refractivity contribution in [2.45, 2.75) is 38.8 Å². The van der Waals surface area contributed by atoms with Gasteiger partial charge in [-0.3, -0.25) is 9.59 Å². The number of anilines is 1. The van der Waals surface area contributed by atoms with E-state index in [-0.39, 0.29) is 16.6 Å². The molecule has 0 saturated carbocycles. The van der Waals surface area contributed by atoms with Gasteiger partial charge in [-0.1, -0.05) is 18.5 Å². The van der Waals surface area contributed by atoms with Crippen LogP contribution in [0, 0.1) is 5.92 Å². The van der Waals surface area contributed by atoms with Gasteiger partial charge in [-0.05, 0) is 37.5 Å². The van der Waals surface area contributed by atoms with Crippen LogP contribution in [0.2, 0.25) is 5.02 Å². The average molecular weight is 377 g/mol. The van der Waals surface area contributed by atoms with E-state index < -0.39 is 23.6 Å². The second kappa shape index (κ2) is 8.08. The van der Waals surface area contributed by atoms with Gasteiger partial charge in [0.15, 0.2) is 0 Å². The molecule has 2 amide bonds. The summed E-state index contributed by atoms with van der Waals surface area (Å²) in [4.78, 5) is 25.9. The topological polar surface area (TPSA) is 49.4 Å². The van der Waals surface area contributed by atoms with Crippen molar-refractivity contribution in [2.75, 3.05) is 18.4 Å². The number of halogens is 4. The summed E-state index contributed by atoms with van der Waals surface area (Å²) in [6.45, 7) is 2.82. The summed E-state index contributed by atoms with van der Waals surface area (Å²) in [5.74, 6) is -0.823. The number of piperidine rings is 1. The maximum atomic E-state index is 13.1. The third-order valence-corrected chi connectivity index (χ3v) is 4.46. The predicted molar refractivity (Wildman–Crippen MR) is 89.3 cm³/mol. The van der Waals surface area contributed by atoms with Gasteiger partial charge in [0.2, 0.25) is 11.8 Å². The van der Waals surface area contributed by atoms with Gasteiger partial charge in [0.1, 0.15) is 0 Å². The van der Waals surface area contributed by atoms with Crippen LogP contribution >= 0.6 is 11.6 Å². The molecule has 0 spiro atoms. The lowest BCUT2D eigenvalue weighted by Crippen LogP contribution is -2.41. The van der Waals surface area contributed by atoms with Crippen molar-refractivity contribution in [3.05, 3.63) is 28.8 Å². The standard InChI is InChI=1S/C17H20ClF3N2O2/c1-2-3-15(24)23-8-6-11(7-9-23)16(25)22-14-5-4-12(18)10-13(14)17(19,20)21/h4-5,10-11H,2-3,6-9H2,1H3,(H,22,25). The summed E-state index contributed by atoms with van der Waals surface area (Å²) in [6, 6.07) is 3.25. The monoisotopic (exact) mass is 376 g/mol. The van der Waals surface area contributed by atoms with Crippen molar-refractivity contribution >= 4 is 29.1 Å². The summed E-state index contributed by atoms with van der Waals surface area (Å²) in [5.41, 5.74) is -1.27. The molecule has 0 unspecified atom stereocenters. The Bertz CT molecular complexity index is 641. The molecule has 0 bridgehead atoms. The van der Waals surface area contributed by atoms with Crippen molar-refractivity contribution in [1.29, 1.82) is 0 Å². The lowest BCUT2D eigenvalue weighted by Gasteiger charge is -2.31. The first kappa shape index (κ1) is 19.6. The van der Waals surface area contributed by atoms with Crippen molar-refractivity contribution in [2.24, 2.45) is 5.92 Å². The fourth-order valence-electron chi connectivity index (χ4n) is 2.86. The maximum absolute atomic E-state index is 13.1. The summed E-state index contributed by atoms with van der Waals surface area (Å²) < 4.78 is 39.2. The van der Waals surface area contributed by atoms with Crippen LogP contribution in [0.3, 0.4) is 0 Å². The zero-order valence-electron chi connectivity index (χ0n) is 13.8. The molecule has 1 aromatic rings. The predicted octanol–water partition coefficient (Wildman–Crippen LogP) is 4.34. The zero-order chi connectivity index (χ0) is 18.6. The number of hydrogen-bond acceptors (Lipinski definition) is 2.